The molecule has 0 radical (unpaired) electrons. The number of hydrogen-bond acceptors (Lipinski definition) is 2. The molecule has 0 saturated heterocycles. The third-order valence-corrected chi connectivity index (χ3v) is 4.15. The summed E-state index contributed by atoms with van der Waals surface area (Å²) in [5.41, 5.74) is 2.17. The summed E-state index contributed by atoms with van der Waals surface area (Å²) < 4.78 is 13.6. The SMILES string of the molecule is CN=C(NCC(c1cccc(F)c1)N(C)C)N(C)Cc1ccccc1. The van der Waals surface area contributed by atoms with E-state index in [0.717, 1.165) is 18.1 Å². The largest absolute Gasteiger partial charge is 0.354 e. The summed E-state index contributed by atoms with van der Waals surface area (Å²) in [5, 5.41) is 3.40. The first-order valence-electron chi connectivity index (χ1n) is 8.39. The van der Waals surface area contributed by atoms with Crippen LogP contribution in [0.5, 0.6) is 0 Å². The van der Waals surface area contributed by atoms with Gasteiger partial charge in [0.1, 0.15) is 5.82 Å². The van der Waals surface area contributed by atoms with E-state index in [1.165, 1.54) is 11.6 Å². The average molecular weight is 342 g/mol. The van der Waals surface area contributed by atoms with Gasteiger partial charge in [0, 0.05) is 27.2 Å². The monoisotopic (exact) mass is 342 g/mol. The van der Waals surface area contributed by atoms with E-state index < -0.39 is 0 Å². The van der Waals surface area contributed by atoms with Crippen molar-refractivity contribution in [3.63, 3.8) is 0 Å². The molecule has 2 aromatic rings. The number of hydrogen-bond donors (Lipinski definition) is 1. The van der Waals surface area contributed by atoms with Crippen molar-refractivity contribution >= 4 is 5.96 Å². The van der Waals surface area contributed by atoms with E-state index in [4.69, 9.17) is 0 Å². The molecule has 1 N–H and O–H groups in total. The van der Waals surface area contributed by atoms with Crippen molar-refractivity contribution in [2.75, 3.05) is 34.7 Å². The summed E-state index contributed by atoms with van der Waals surface area (Å²) in [5.74, 6) is 0.599. The minimum Gasteiger partial charge on any atom is -0.354 e. The van der Waals surface area contributed by atoms with Crippen molar-refractivity contribution in [1.29, 1.82) is 0 Å². The van der Waals surface area contributed by atoms with Crippen molar-refractivity contribution in [2.45, 2.75) is 12.6 Å². The van der Waals surface area contributed by atoms with Crippen LogP contribution in [0.1, 0.15) is 17.2 Å². The molecule has 0 aromatic heterocycles. The lowest BCUT2D eigenvalue weighted by atomic mass is 10.1. The van der Waals surface area contributed by atoms with E-state index in [1.54, 1.807) is 19.2 Å². The quantitative estimate of drug-likeness (QED) is 0.646. The molecule has 2 aromatic carbocycles. The first-order valence-corrected chi connectivity index (χ1v) is 8.39. The molecule has 4 nitrogen and oxygen atoms in total. The maximum Gasteiger partial charge on any atom is 0.193 e. The standard InChI is InChI=1S/C20H27FN4/c1-22-20(25(4)15-16-9-6-5-7-10-16)23-14-19(24(2)3)17-11-8-12-18(21)13-17/h5-13,19H,14-15H2,1-4H3,(H,22,23). The van der Waals surface area contributed by atoms with Crippen molar-refractivity contribution < 1.29 is 4.39 Å². The third kappa shape index (κ3) is 5.57. The number of halogens is 1. The van der Waals surface area contributed by atoms with Crippen LogP contribution in [0.25, 0.3) is 0 Å². The predicted molar refractivity (Wildman–Crippen MR) is 102 cm³/mol. The van der Waals surface area contributed by atoms with Crippen molar-refractivity contribution in [1.82, 2.24) is 15.1 Å². The first kappa shape index (κ1) is 18.9. The van der Waals surface area contributed by atoms with E-state index in [2.05, 4.69) is 32.2 Å². The lowest BCUT2D eigenvalue weighted by Crippen LogP contribution is -2.42. The third-order valence-electron chi connectivity index (χ3n) is 4.15. The maximum absolute atomic E-state index is 13.6. The highest BCUT2D eigenvalue weighted by molar-refractivity contribution is 5.79. The Morgan fingerprint density at radius 2 is 1.80 bits per heavy atom. The van der Waals surface area contributed by atoms with Gasteiger partial charge in [0.15, 0.2) is 5.96 Å². The van der Waals surface area contributed by atoms with Crippen LogP contribution >= 0.6 is 0 Å². The normalized spacial score (nSPS) is 13.0. The van der Waals surface area contributed by atoms with Gasteiger partial charge in [0.2, 0.25) is 0 Å². The Hall–Kier alpha value is -2.40. The molecule has 0 aliphatic rings. The van der Waals surface area contributed by atoms with Gasteiger partial charge in [-0.15, -0.1) is 0 Å². The number of aliphatic imine (C=N–C) groups is 1. The molecular weight excluding hydrogens is 315 g/mol. The molecule has 1 unspecified atom stereocenters. The number of nitrogens with zero attached hydrogens (tertiary/aromatic N) is 3. The van der Waals surface area contributed by atoms with Crippen LogP contribution in [0.3, 0.4) is 0 Å². The van der Waals surface area contributed by atoms with Crippen LogP contribution in [-0.4, -0.2) is 50.5 Å². The molecule has 134 valence electrons. The summed E-state index contributed by atoms with van der Waals surface area (Å²) in [6.07, 6.45) is 0. The van der Waals surface area contributed by atoms with Gasteiger partial charge in [0.25, 0.3) is 0 Å². The van der Waals surface area contributed by atoms with Crippen molar-refractivity contribution in [2.24, 2.45) is 4.99 Å². The fourth-order valence-corrected chi connectivity index (χ4v) is 2.82. The summed E-state index contributed by atoms with van der Waals surface area (Å²) in [6, 6.07) is 17.1. The Bertz CT molecular complexity index is 685. The topological polar surface area (TPSA) is 30.9 Å². The highest BCUT2D eigenvalue weighted by Gasteiger charge is 2.16. The molecule has 0 spiro atoms. The van der Waals surface area contributed by atoms with Gasteiger partial charge in [-0.05, 0) is 37.4 Å². The molecule has 0 aliphatic heterocycles. The summed E-state index contributed by atoms with van der Waals surface area (Å²) in [4.78, 5) is 8.52. The van der Waals surface area contributed by atoms with E-state index in [-0.39, 0.29) is 11.9 Å². The highest BCUT2D eigenvalue weighted by Crippen LogP contribution is 2.18. The van der Waals surface area contributed by atoms with Gasteiger partial charge in [-0.3, -0.25) is 4.99 Å². The molecule has 0 amide bonds. The van der Waals surface area contributed by atoms with Crippen LogP contribution in [0.2, 0.25) is 0 Å². The minimum atomic E-state index is -0.213. The fourth-order valence-electron chi connectivity index (χ4n) is 2.82. The van der Waals surface area contributed by atoms with E-state index in [1.807, 2.05) is 45.4 Å². The molecule has 0 bridgehead atoms. The molecule has 5 heteroatoms. The Morgan fingerprint density at radius 1 is 1.08 bits per heavy atom. The minimum absolute atomic E-state index is 0.0533. The van der Waals surface area contributed by atoms with Crippen LogP contribution in [0, 0.1) is 5.82 Å². The first-order chi connectivity index (χ1) is 12.0. The molecule has 25 heavy (non-hydrogen) atoms. The van der Waals surface area contributed by atoms with Gasteiger partial charge in [-0.25, -0.2) is 4.39 Å². The Balaban J connectivity index is 2.02. The number of rotatable bonds is 6. The zero-order chi connectivity index (χ0) is 18.2. The number of benzene rings is 2. The van der Waals surface area contributed by atoms with Crippen LogP contribution in [0.4, 0.5) is 4.39 Å². The second-order valence-corrected chi connectivity index (χ2v) is 6.30. The average Bonchev–Trinajstić information content (AvgIpc) is 2.59. The summed E-state index contributed by atoms with van der Waals surface area (Å²) >= 11 is 0. The zero-order valence-electron chi connectivity index (χ0n) is 15.4. The van der Waals surface area contributed by atoms with E-state index in [9.17, 15) is 4.39 Å². The molecule has 0 aliphatic carbocycles. The van der Waals surface area contributed by atoms with Gasteiger partial charge in [-0.1, -0.05) is 42.5 Å². The fraction of sp³-hybridized carbons (Fsp3) is 0.350. The Labute approximate surface area is 150 Å². The molecule has 1 atom stereocenters. The Morgan fingerprint density at radius 3 is 2.40 bits per heavy atom. The smallest absolute Gasteiger partial charge is 0.193 e. The number of nitrogens with one attached hydrogen (secondary N) is 1. The number of likely N-dealkylation sites (N-methyl/N-ethyl adjacent to an activating group) is 1. The molecule has 0 saturated carbocycles. The molecule has 0 fully saturated rings. The van der Waals surface area contributed by atoms with Gasteiger partial charge in [0.05, 0.1) is 6.04 Å². The molecule has 2 rings (SSSR count). The second-order valence-electron chi connectivity index (χ2n) is 6.30. The van der Waals surface area contributed by atoms with Crippen LogP contribution in [-0.2, 0) is 6.54 Å². The molecular formula is C20H27FN4. The van der Waals surface area contributed by atoms with Crippen LogP contribution in [0.15, 0.2) is 59.6 Å². The van der Waals surface area contributed by atoms with Gasteiger partial charge >= 0.3 is 0 Å². The summed E-state index contributed by atoms with van der Waals surface area (Å²) in [6.45, 7) is 1.41. The van der Waals surface area contributed by atoms with E-state index >= 15 is 0 Å². The van der Waals surface area contributed by atoms with E-state index in [0.29, 0.717) is 6.54 Å². The maximum atomic E-state index is 13.6. The summed E-state index contributed by atoms with van der Waals surface area (Å²) in [7, 11) is 7.77. The zero-order valence-corrected chi connectivity index (χ0v) is 15.4. The van der Waals surface area contributed by atoms with Crippen LogP contribution < -0.4 is 5.32 Å². The van der Waals surface area contributed by atoms with Gasteiger partial charge < -0.3 is 15.1 Å². The van der Waals surface area contributed by atoms with Gasteiger partial charge in [-0.2, -0.15) is 0 Å². The highest BCUT2D eigenvalue weighted by atomic mass is 19.1. The number of guanidine groups is 1. The lowest BCUT2D eigenvalue weighted by molar-refractivity contribution is 0.294. The molecule has 0 heterocycles. The predicted octanol–water partition coefficient (Wildman–Crippen LogP) is 3.14. The second kappa shape index (κ2) is 9.18. The Kier molecular flexibility index (Phi) is 6.95. The van der Waals surface area contributed by atoms with Crippen molar-refractivity contribution in [3.05, 3.63) is 71.5 Å². The lowest BCUT2D eigenvalue weighted by Gasteiger charge is -2.28. The van der Waals surface area contributed by atoms with Crippen molar-refractivity contribution in [3.8, 4) is 0 Å².